The van der Waals surface area contributed by atoms with Gasteiger partial charge >= 0.3 is 5.97 Å². The van der Waals surface area contributed by atoms with Crippen LogP contribution >= 0.6 is 0 Å². The summed E-state index contributed by atoms with van der Waals surface area (Å²) in [5, 5.41) is 17.0. The van der Waals surface area contributed by atoms with Gasteiger partial charge in [0.05, 0.1) is 27.8 Å². The molecule has 0 amide bonds. The molecule has 0 saturated carbocycles. The molecule has 1 aliphatic heterocycles. The molecule has 0 radical (unpaired) electrons. The zero-order chi connectivity index (χ0) is 22.8. The quantitative estimate of drug-likeness (QED) is 0.406. The summed E-state index contributed by atoms with van der Waals surface area (Å²) in [6.07, 6.45) is 0. The van der Waals surface area contributed by atoms with Crippen LogP contribution in [0.2, 0.25) is 0 Å². The molecule has 2 aromatic carbocycles. The van der Waals surface area contributed by atoms with Crippen molar-refractivity contribution in [1.82, 2.24) is 0 Å². The van der Waals surface area contributed by atoms with Crippen molar-refractivity contribution in [2.45, 2.75) is 25.7 Å². The van der Waals surface area contributed by atoms with Gasteiger partial charge in [-0.05, 0) is 38.5 Å². The number of allylic oxidation sites excluding steroid dienone is 1. The number of hydrogen-bond acceptors (Lipinski definition) is 7. The standard InChI is InChI=1S/C20H20N4O6S/c1-4-30-20(25)18-13(3)21-15-7-5-6-8-16(15)22-19(18)23-31(28,29)17-11-14(24(26)27)10-9-12(17)2/h5-11,21H,4H2,1-3H3,(H,22,23). The van der Waals surface area contributed by atoms with E-state index in [2.05, 4.69) is 15.0 Å². The summed E-state index contributed by atoms with van der Waals surface area (Å²) in [5.74, 6) is -1.02. The first kappa shape index (κ1) is 22.0. The molecule has 3 rings (SSSR count). The Hall–Kier alpha value is -3.73. The van der Waals surface area contributed by atoms with E-state index in [-0.39, 0.29) is 34.2 Å². The summed E-state index contributed by atoms with van der Waals surface area (Å²) in [4.78, 5) is 22.7. The summed E-state index contributed by atoms with van der Waals surface area (Å²) in [7, 11) is -4.42. The van der Waals surface area contributed by atoms with Crippen LogP contribution in [0.4, 0.5) is 17.1 Å². The number of ether oxygens (including phenoxy) is 1. The molecule has 0 aliphatic carbocycles. The van der Waals surface area contributed by atoms with Crippen LogP contribution in [-0.2, 0) is 19.6 Å². The number of nitro groups is 1. The minimum Gasteiger partial charge on any atom is -0.462 e. The number of nitrogens with zero attached hydrogens (tertiary/aromatic N) is 2. The number of para-hydroxylation sites is 2. The Labute approximate surface area is 178 Å². The van der Waals surface area contributed by atoms with Crippen LogP contribution in [0.25, 0.3) is 0 Å². The number of non-ortho nitro benzene ring substituents is 1. The van der Waals surface area contributed by atoms with E-state index < -0.39 is 20.9 Å². The Morgan fingerprint density at radius 1 is 1.13 bits per heavy atom. The number of anilines is 2. The van der Waals surface area contributed by atoms with Crippen LogP contribution in [0.5, 0.6) is 0 Å². The van der Waals surface area contributed by atoms with E-state index in [4.69, 9.17) is 4.74 Å². The van der Waals surface area contributed by atoms with Gasteiger partial charge in [0.2, 0.25) is 0 Å². The third-order valence-corrected chi connectivity index (χ3v) is 5.88. The number of nitrogens with one attached hydrogen (secondary N) is 2. The highest BCUT2D eigenvalue weighted by atomic mass is 32.2. The van der Waals surface area contributed by atoms with E-state index in [0.29, 0.717) is 17.1 Å². The molecule has 31 heavy (non-hydrogen) atoms. The van der Waals surface area contributed by atoms with E-state index in [0.717, 1.165) is 6.07 Å². The Kier molecular flexibility index (Phi) is 6.07. The predicted octanol–water partition coefficient (Wildman–Crippen LogP) is 3.37. The molecule has 1 heterocycles. The SMILES string of the molecule is CCOC(=O)C1=C(C)Nc2ccccc2N/C1=N/S(=O)(=O)c1cc([N+](=O)[O-])ccc1C. The van der Waals surface area contributed by atoms with Crippen molar-refractivity contribution in [3.8, 4) is 0 Å². The number of sulfonamides is 1. The number of hydrogen-bond donors (Lipinski definition) is 2. The van der Waals surface area contributed by atoms with E-state index in [1.807, 2.05) is 0 Å². The Morgan fingerprint density at radius 2 is 1.77 bits per heavy atom. The van der Waals surface area contributed by atoms with Gasteiger partial charge in [0.25, 0.3) is 15.7 Å². The number of amidine groups is 1. The van der Waals surface area contributed by atoms with E-state index in [1.54, 1.807) is 38.1 Å². The fourth-order valence-electron chi connectivity index (χ4n) is 3.00. The average molecular weight is 444 g/mol. The topological polar surface area (TPSA) is 140 Å². The first-order valence-electron chi connectivity index (χ1n) is 9.25. The monoisotopic (exact) mass is 444 g/mol. The lowest BCUT2D eigenvalue weighted by Gasteiger charge is -2.12. The molecule has 10 nitrogen and oxygen atoms in total. The number of aryl methyl sites for hydroxylation is 1. The second-order valence-corrected chi connectivity index (χ2v) is 8.21. The summed E-state index contributed by atoms with van der Waals surface area (Å²) in [6.45, 7) is 4.80. The highest BCUT2D eigenvalue weighted by Gasteiger charge is 2.29. The normalized spacial score (nSPS) is 14.9. The highest BCUT2D eigenvalue weighted by Crippen LogP contribution is 2.30. The third-order valence-electron chi connectivity index (χ3n) is 4.47. The van der Waals surface area contributed by atoms with Gasteiger partial charge in [-0.3, -0.25) is 10.1 Å². The number of benzene rings is 2. The summed E-state index contributed by atoms with van der Waals surface area (Å²) >= 11 is 0. The first-order valence-corrected chi connectivity index (χ1v) is 10.7. The molecule has 1 aliphatic rings. The lowest BCUT2D eigenvalue weighted by Crippen LogP contribution is -2.25. The van der Waals surface area contributed by atoms with Gasteiger partial charge in [-0.15, -0.1) is 4.40 Å². The van der Waals surface area contributed by atoms with Crippen LogP contribution in [0.1, 0.15) is 19.4 Å². The van der Waals surface area contributed by atoms with Crippen LogP contribution < -0.4 is 10.6 Å². The van der Waals surface area contributed by atoms with Gasteiger partial charge in [0.15, 0.2) is 5.84 Å². The van der Waals surface area contributed by atoms with E-state index in [9.17, 15) is 23.3 Å². The second kappa shape index (κ2) is 8.56. The number of carbonyl (C=O) groups excluding carboxylic acids is 1. The van der Waals surface area contributed by atoms with Gasteiger partial charge in [-0.1, -0.05) is 18.2 Å². The molecule has 11 heteroatoms. The van der Waals surface area contributed by atoms with E-state index >= 15 is 0 Å². The molecule has 0 saturated heterocycles. The smallest absolute Gasteiger partial charge is 0.343 e. The van der Waals surface area contributed by atoms with Crippen LogP contribution in [0, 0.1) is 17.0 Å². The fourth-order valence-corrected chi connectivity index (χ4v) is 4.22. The Balaban J connectivity index is 2.21. The number of nitro benzene ring substituents is 1. The van der Waals surface area contributed by atoms with Crippen molar-refractivity contribution in [1.29, 1.82) is 0 Å². The summed E-state index contributed by atoms with van der Waals surface area (Å²) in [5.41, 5.74) is 1.23. The summed E-state index contributed by atoms with van der Waals surface area (Å²) in [6, 6.07) is 10.4. The van der Waals surface area contributed by atoms with Crippen LogP contribution in [0.15, 0.2) is 63.0 Å². The molecule has 0 unspecified atom stereocenters. The summed E-state index contributed by atoms with van der Waals surface area (Å²) < 4.78 is 35.2. The van der Waals surface area contributed by atoms with E-state index in [1.165, 1.54) is 19.1 Å². The largest absolute Gasteiger partial charge is 0.462 e. The zero-order valence-corrected chi connectivity index (χ0v) is 17.8. The molecule has 0 spiro atoms. The fraction of sp³-hybridized carbons (Fsp3) is 0.200. The lowest BCUT2D eigenvalue weighted by atomic mass is 10.2. The maximum absolute atomic E-state index is 13.1. The number of fused-ring (bicyclic) bond motifs is 1. The molecule has 2 N–H and O–H groups in total. The maximum Gasteiger partial charge on any atom is 0.343 e. The van der Waals surface area contributed by atoms with Crippen molar-refractivity contribution < 1.29 is 22.9 Å². The van der Waals surface area contributed by atoms with Gasteiger partial charge in [0.1, 0.15) is 5.57 Å². The van der Waals surface area contributed by atoms with Gasteiger partial charge in [0, 0.05) is 17.8 Å². The predicted molar refractivity (Wildman–Crippen MR) is 115 cm³/mol. The molecular weight excluding hydrogens is 424 g/mol. The maximum atomic E-state index is 13.1. The van der Waals surface area contributed by atoms with Crippen molar-refractivity contribution in [3.05, 3.63) is 69.4 Å². The first-order chi connectivity index (χ1) is 14.6. The molecule has 0 fully saturated rings. The number of carbonyl (C=O) groups is 1. The molecule has 0 bridgehead atoms. The molecule has 2 aromatic rings. The number of esters is 1. The average Bonchev–Trinajstić information content (AvgIpc) is 2.82. The third kappa shape index (κ3) is 4.56. The van der Waals surface area contributed by atoms with Gasteiger partial charge in [-0.2, -0.15) is 8.42 Å². The highest BCUT2D eigenvalue weighted by molar-refractivity contribution is 7.90. The molecular formula is C20H20N4O6S. The Morgan fingerprint density at radius 3 is 2.39 bits per heavy atom. The minimum absolute atomic E-state index is 0.0760. The van der Waals surface area contributed by atoms with Gasteiger partial charge < -0.3 is 15.4 Å². The Bertz CT molecular complexity index is 1230. The molecule has 0 atom stereocenters. The van der Waals surface area contributed by atoms with Crippen LogP contribution in [0.3, 0.4) is 0 Å². The number of rotatable bonds is 5. The van der Waals surface area contributed by atoms with Crippen molar-refractivity contribution >= 4 is 38.9 Å². The zero-order valence-electron chi connectivity index (χ0n) is 17.0. The molecule has 0 aromatic heterocycles. The minimum atomic E-state index is -4.42. The van der Waals surface area contributed by atoms with Crippen molar-refractivity contribution in [2.75, 3.05) is 17.2 Å². The molecule has 162 valence electrons. The van der Waals surface area contributed by atoms with Crippen LogP contribution in [-0.4, -0.2) is 31.8 Å². The van der Waals surface area contributed by atoms with Crippen molar-refractivity contribution in [2.24, 2.45) is 4.40 Å². The van der Waals surface area contributed by atoms with Crippen molar-refractivity contribution in [3.63, 3.8) is 0 Å². The van der Waals surface area contributed by atoms with Gasteiger partial charge in [-0.25, -0.2) is 4.79 Å². The second-order valence-electron chi connectivity index (χ2n) is 6.64. The lowest BCUT2D eigenvalue weighted by molar-refractivity contribution is -0.385.